The molecule has 11 heavy (non-hydrogen) atoms. The summed E-state index contributed by atoms with van der Waals surface area (Å²) in [7, 11) is 0. The molecule has 1 saturated heterocycles. The molecule has 4 heteroatoms. The minimum atomic E-state index is -0.746. The lowest BCUT2D eigenvalue weighted by molar-refractivity contribution is -0.155. The van der Waals surface area contributed by atoms with E-state index in [-0.39, 0.29) is 5.97 Å². The van der Waals surface area contributed by atoms with Crippen molar-refractivity contribution in [3.05, 3.63) is 0 Å². The van der Waals surface area contributed by atoms with E-state index < -0.39 is 5.60 Å². The van der Waals surface area contributed by atoms with Crippen molar-refractivity contribution in [3.63, 3.8) is 0 Å². The molecule has 1 fully saturated rings. The molecule has 2 rings (SSSR count). The Hall–Kier alpha value is -1.06. The van der Waals surface area contributed by atoms with E-state index in [0.717, 1.165) is 5.71 Å². The molecule has 0 aromatic rings. The highest BCUT2D eigenvalue weighted by atomic mass is 16.7. The summed E-state index contributed by atoms with van der Waals surface area (Å²) in [5.74, 6) is -0.266. The third-order valence-corrected chi connectivity index (χ3v) is 2.03. The van der Waals surface area contributed by atoms with Crippen LogP contribution in [0.3, 0.4) is 0 Å². The van der Waals surface area contributed by atoms with Crippen LogP contribution in [0, 0.1) is 0 Å². The molecule has 4 nitrogen and oxygen atoms in total. The fourth-order valence-corrected chi connectivity index (χ4v) is 1.43. The zero-order chi connectivity index (χ0) is 7.90. The molecule has 60 valence electrons. The molecule has 1 spiro atoms. The van der Waals surface area contributed by atoms with Gasteiger partial charge in [0.2, 0.25) is 5.60 Å². The molecule has 0 bridgehead atoms. The number of hydrogen-bond acceptors (Lipinski definition) is 4. The second kappa shape index (κ2) is 1.96. The van der Waals surface area contributed by atoms with Gasteiger partial charge in [0.15, 0.2) is 0 Å². The third kappa shape index (κ3) is 0.818. The molecule has 0 aromatic carbocycles. The predicted molar refractivity (Wildman–Crippen MR) is 37.1 cm³/mol. The van der Waals surface area contributed by atoms with Gasteiger partial charge in [-0.1, -0.05) is 5.16 Å². The molecule has 0 amide bonds. The molecular formula is C7H9NO3. The number of oxime groups is 1. The standard InChI is InChI=1S/C7H9NO3/c1-5-4-7(11-8-5)2-3-10-6(7)9/h2-4H2,1H3. The van der Waals surface area contributed by atoms with Gasteiger partial charge in [-0.2, -0.15) is 0 Å². The first-order valence-electron chi connectivity index (χ1n) is 3.62. The Bertz CT molecular complexity index is 236. The lowest BCUT2D eigenvalue weighted by Gasteiger charge is -2.13. The van der Waals surface area contributed by atoms with E-state index >= 15 is 0 Å². The zero-order valence-corrected chi connectivity index (χ0v) is 6.29. The van der Waals surface area contributed by atoms with Gasteiger partial charge >= 0.3 is 5.97 Å². The van der Waals surface area contributed by atoms with E-state index in [9.17, 15) is 4.79 Å². The van der Waals surface area contributed by atoms with Crippen molar-refractivity contribution in [2.75, 3.05) is 6.61 Å². The first-order valence-corrected chi connectivity index (χ1v) is 3.62. The second-order valence-corrected chi connectivity index (χ2v) is 2.97. The molecule has 2 aliphatic heterocycles. The summed E-state index contributed by atoms with van der Waals surface area (Å²) in [6.45, 7) is 2.31. The van der Waals surface area contributed by atoms with Crippen molar-refractivity contribution >= 4 is 11.7 Å². The SMILES string of the molecule is CC1=NOC2(CCOC2=O)C1. The topological polar surface area (TPSA) is 47.9 Å². The number of ether oxygens (including phenoxy) is 1. The lowest BCUT2D eigenvalue weighted by atomic mass is 9.97. The van der Waals surface area contributed by atoms with Crippen LogP contribution in [0.15, 0.2) is 5.16 Å². The summed E-state index contributed by atoms with van der Waals surface area (Å²) >= 11 is 0. The number of hydrogen-bond donors (Lipinski definition) is 0. The Labute approximate surface area is 64.2 Å². The van der Waals surface area contributed by atoms with Crippen LogP contribution in [0.25, 0.3) is 0 Å². The first-order chi connectivity index (χ1) is 5.23. The average molecular weight is 155 g/mol. The molecule has 1 atom stereocenters. The zero-order valence-electron chi connectivity index (χ0n) is 6.29. The van der Waals surface area contributed by atoms with Crippen molar-refractivity contribution < 1.29 is 14.4 Å². The van der Waals surface area contributed by atoms with Crippen molar-refractivity contribution in [2.24, 2.45) is 5.16 Å². The number of nitrogens with zero attached hydrogens (tertiary/aromatic N) is 1. The van der Waals surface area contributed by atoms with E-state index in [1.54, 1.807) is 0 Å². The number of cyclic esters (lactones) is 1. The minimum Gasteiger partial charge on any atom is -0.462 e. The predicted octanol–water partition coefficient (Wildman–Crippen LogP) is 0.468. The van der Waals surface area contributed by atoms with Crippen LogP contribution < -0.4 is 0 Å². The summed E-state index contributed by atoms with van der Waals surface area (Å²) in [5.41, 5.74) is 0.119. The highest BCUT2D eigenvalue weighted by Gasteiger charge is 2.50. The van der Waals surface area contributed by atoms with Crippen LogP contribution in [-0.2, 0) is 14.4 Å². The first kappa shape index (κ1) is 6.64. The van der Waals surface area contributed by atoms with Crippen LogP contribution in [0.1, 0.15) is 19.8 Å². The normalized spacial score (nSPS) is 35.4. The van der Waals surface area contributed by atoms with Crippen LogP contribution in [-0.4, -0.2) is 23.9 Å². The molecule has 0 aliphatic carbocycles. The highest BCUT2D eigenvalue weighted by Crippen LogP contribution is 2.33. The van der Waals surface area contributed by atoms with E-state index in [4.69, 9.17) is 9.57 Å². The summed E-state index contributed by atoms with van der Waals surface area (Å²) in [6, 6.07) is 0. The molecule has 0 aromatic heterocycles. The maximum Gasteiger partial charge on any atom is 0.353 e. The third-order valence-electron chi connectivity index (χ3n) is 2.03. The van der Waals surface area contributed by atoms with Crippen molar-refractivity contribution in [2.45, 2.75) is 25.4 Å². The summed E-state index contributed by atoms with van der Waals surface area (Å²) in [6.07, 6.45) is 1.22. The van der Waals surface area contributed by atoms with E-state index in [0.29, 0.717) is 19.4 Å². The Morgan fingerprint density at radius 3 is 2.91 bits per heavy atom. The van der Waals surface area contributed by atoms with Gasteiger partial charge in [0.25, 0.3) is 0 Å². The molecule has 2 heterocycles. The van der Waals surface area contributed by atoms with Gasteiger partial charge in [-0.3, -0.25) is 0 Å². The van der Waals surface area contributed by atoms with Crippen LogP contribution in [0.2, 0.25) is 0 Å². The Morgan fingerprint density at radius 2 is 2.45 bits per heavy atom. The number of esters is 1. The molecule has 0 N–H and O–H groups in total. The summed E-state index contributed by atoms with van der Waals surface area (Å²) < 4.78 is 4.80. The average Bonchev–Trinajstić information content (AvgIpc) is 2.46. The Kier molecular flexibility index (Phi) is 1.19. The van der Waals surface area contributed by atoms with Gasteiger partial charge in [-0.05, 0) is 6.92 Å². The van der Waals surface area contributed by atoms with Crippen molar-refractivity contribution in [1.29, 1.82) is 0 Å². The van der Waals surface area contributed by atoms with Gasteiger partial charge in [0.05, 0.1) is 12.3 Å². The van der Waals surface area contributed by atoms with E-state index in [1.807, 2.05) is 6.92 Å². The van der Waals surface area contributed by atoms with Gasteiger partial charge in [0, 0.05) is 12.8 Å². The van der Waals surface area contributed by atoms with Gasteiger partial charge in [0.1, 0.15) is 0 Å². The maximum atomic E-state index is 11.1. The second-order valence-electron chi connectivity index (χ2n) is 2.97. The fourth-order valence-electron chi connectivity index (χ4n) is 1.43. The van der Waals surface area contributed by atoms with Crippen molar-refractivity contribution in [1.82, 2.24) is 0 Å². The Balaban J connectivity index is 2.20. The molecule has 2 aliphatic rings. The lowest BCUT2D eigenvalue weighted by Crippen LogP contribution is -2.33. The van der Waals surface area contributed by atoms with E-state index in [1.165, 1.54) is 0 Å². The summed E-state index contributed by atoms with van der Waals surface area (Å²) in [4.78, 5) is 16.2. The highest BCUT2D eigenvalue weighted by molar-refractivity contribution is 5.93. The molecule has 0 radical (unpaired) electrons. The summed E-state index contributed by atoms with van der Waals surface area (Å²) in [5, 5.41) is 3.74. The number of carbonyl (C=O) groups is 1. The van der Waals surface area contributed by atoms with Gasteiger partial charge in [-0.15, -0.1) is 0 Å². The maximum absolute atomic E-state index is 11.1. The van der Waals surface area contributed by atoms with Crippen molar-refractivity contribution in [3.8, 4) is 0 Å². The quantitative estimate of drug-likeness (QED) is 0.478. The number of rotatable bonds is 0. The molecular weight excluding hydrogens is 146 g/mol. The van der Waals surface area contributed by atoms with Gasteiger partial charge < -0.3 is 9.57 Å². The molecule has 1 unspecified atom stereocenters. The minimum absolute atomic E-state index is 0.266. The molecule has 0 saturated carbocycles. The monoisotopic (exact) mass is 155 g/mol. The van der Waals surface area contributed by atoms with Crippen LogP contribution in [0.5, 0.6) is 0 Å². The van der Waals surface area contributed by atoms with Crippen LogP contribution in [0.4, 0.5) is 0 Å². The largest absolute Gasteiger partial charge is 0.462 e. The number of carbonyl (C=O) groups excluding carboxylic acids is 1. The van der Waals surface area contributed by atoms with Crippen LogP contribution >= 0.6 is 0 Å². The fraction of sp³-hybridized carbons (Fsp3) is 0.714. The smallest absolute Gasteiger partial charge is 0.353 e. The Morgan fingerprint density at radius 1 is 1.64 bits per heavy atom. The van der Waals surface area contributed by atoms with Gasteiger partial charge in [-0.25, -0.2) is 4.79 Å². The van der Waals surface area contributed by atoms with E-state index in [2.05, 4.69) is 5.16 Å².